The molecule has 8 heteroatoms. The van der Waals surface area contributed by atoms with Crippen molar-refractivity contribution < 1.29 is 19.1 Å². The van der Waals surface area contributed by atoms with E-state index >= 15 is 0 Å². The second-order valence-electron chi connectivity index (χ2n) is 8.02. The number of thiazole rings is 1. The zero-order valence-corrected chi connectivity index (χ0v) is 19.5. The zero-order valence-electron chi connectivity index (χ0n) is 18.7. The van der Waals surface area contributed by atoms with Crippen molar-refractivity contribution in [3.63, 3.8) is 0 Å². The molecule has 1 saturated carbocycles. The molecule has 7 nitrogen and oxygen atoms in total. The fraction of sp³-hybridized carbons (Fsp3) is 0.320. The van der Waals surface area contributed by atoms with E-state index in [0.29, 0.717) is 34.4 Å². The van der Waals surface area contributed by atoms with Crippen molar-refractivity contribution in [2.45, 2.75) is 31.7 Å². The Hall–Kier alpha value is -3.39. The van der Waals surface area contributed by atoms with Gasteiger partial charge in [-0.2, -0.15) is 0 Å². The average Bonchev–Trinajstić information content (AvgIpc) is 3.57. The van der Waals surface area contributed by atoms with E-state index in [9.17, 15) is 9.59 Å². The maximum atomic E-state index is 12.7. The van der Waals surface area contributed by atoms with Gasteiger partial charge in [-0.3, -0.25) is 9.59 Å². The molecule has 1 aliphatic carbocycles. The van der Waals surface area contributed by atoms with Crippen LogP contribution in [-0.4, -0.2) is 31.0 Å². The molecule has 172 valence electrons. The number of ether oxygens (including phenoxy) is 2. The molecule has 0 bridgehead atoms. The molecule has 0 radical (unpaired) electrons. The van der Waals surface area contributed by atoms with Crippen LogP contribution in [0.5, 0.6) is 11.5 Å². The molecule has 0 spiro atoms. The summed E-state index contributed by atoms with van der Waals surface area (Å²) in [6.07, 6.45) is 4.51. The summed E-state index contributed by atoms with van der Waals surface area (Å²) in [5.41, 5.74) is 4.28. The minimum absolute atomic E-state index is 0.0858. The van der Waals surface area contributed by atoms with Crippen LogP contribution in [0.3, 0.4) is 0 Å². The summed E-state index contributed by atoms with van der Waals surface area (Å²) in [5, 5.41) is 7.85. The molecule has 1 atom stereocenters. The van der Waals surface area contributed by atoms with Crippen molar-refractivity contribution >= 4 is 28.8 Å². The Morgan fingerprint density at radius 2 is 1.73 bits per heavy atom. The Bertz CT molecular complexity index is 1090. The first-order valence-electron chi connectivity index (χ1n) is 10.9. The molecular formula is C25H27N3O4S. The number of amides is 2. The lowest BCUT2D eigenvalue weighted by molar-refractivity contribution is 0.0917. The predicted molar refractivity (Wildman–Crippen MR) is 128 cm³/mol. The Balaban J connectivity index is 1.48. The number of carbonyl (C=O) groups is 2. The van der Waals surface area contributed by atoms with E-state index in [-0.39, 0.29) is 17.9 Å². The smallest absolute Gasteiger partial charge is 0.271 e. The summed E-state index contributed by atoms with van der Waals surface area (Å²) in [4.78, 5) is 29.5. The van der Waals surface area contributed by atoms with E-state index in [4.69, 9.17) is 9.47 Å². The van der Waals surface area contributed by atoms with E-state index in [0.717, 1.165) is 18.4 Å². The van der Waals surface area contributed by atoms with Gasteiger partial charge in [0, 0.05) is 16.6 Å². The quantitative estimate of drug-likeness (QED) is 0.485. The van der Waals surface area contributed by atoms with Gasteiger partial charge >= 0.3 is 0 Å². The largest absolute Gasteiger partial charge is 0.493 e. The summed E-state index contributed by atoms with van der Waals surface area (Å²) in [7, 11) is 3.09. The van der Waals surface area contributed by atoms with Gasteiger partial charge in [0.1, 0.15) is 5.69 Å². The minimum atomic E-state index is -0.243. The monoisotopic (exact) mass is 465 g/mol. The van der Waals surface area contributed by atoms with Crippen molar-refractivity contribution in [1.82, 2.24) is 10.3 Å². The van der Waals surface area contributed by atoms with Crippen LogP contribution in [0, 0.1) is 5.92 Å². The number of hydrogen-bond acceptors (Lipinski definition) is 6. The highest BCUT2D eigenvalue weighted by Crippen LogP contribution is 2.36. The molecular weight excluding hydrogens is 438 g/mol. The zero-order chi connectivity index (χ0) is 23.2. The third-order valence-electron chi connectivity index (χ3n) is 6.00. The van der Waals surface area contributed by atoms with Gasteiger partial charge in [0.05, 0.1) is 25.8 Å². The number of carbonyl (C=O) groups excluding carboxylic acids is 2. The van der Waals surface area contributed by atoms with Gasteiger partial charge in [-0.25, -0.2) is 4.98 Å². The molecule has 33 heavy (non-hydrogen) atoms. The first-order valence-corrected chi connectivity index (χ1v) is 11.9. The third kappa shape index (κ3) is 5.34. The van der Waals surface area contributed by atoms with Crippen molar-refractivity contribution in [2.75, 3.05) is 19.5 Å². The molecule has 4 rings (SSSR count). The van der Waals surface area contributed by atoms with Gasteiger partial charge < -0.3 is 20.1 Å². The highest BCUT2D eigenvalue weighted by atomic mass is 32.1. The van der Waals surface area contributed by atoms with Crippen LogP contribution >= 0.6 is 11.3 Å². The standard InChI is InChI=1S/C25H27N3O4S/c1-31-21-12-9-18(13-22(21)32-2)24(29)27-19-10-7-17(8-11-19)23(16-5-3-4-6-16)28-25(30)20-14-33-15-26-20/h7-16,23H,3-6H2,1-2H3,(H,27,29)(H,28,30). The molecule has 1 aliphatic rings. The number of nitrogens with one attached hydrogen (secondary N) is 2. The highest BCUT2D eigenvalue weighted by molar-refractivity contribution is 7.07. The van der Waals surface area contributed by atoms with Crippen LogP contribution in [0.1, 0.15) is 58.1 Å². The highest BCUT2D eigenvalue weighted by Gasteiger charge is 2.28. The maximum Gasteiger partial charge on any atom is 0.271 e. The van der Waals surface area contributed by atoms with Gasteiger partial charge in [-0.1, -0.05) is 25.0 Å². The first kappa shape index (κ1) is 22.8. The lowest BCUT2D eigenvalue weighted by atomic mass is 9.91. The Morgan fingerprint density at radius 1 is 1.00 bits per heavy atom. The van der Waals surface area contributed by atoms with E-state index in [2.05, 4.69) is 15.6 Å². The fourth-order valence-electron chi connectivity index (χ4n) is 4.26. The molecule has 2 aromatic carbocycles. The maximum absolute atomic E-state index is 12.7. The van der Waals surface area contributed by atoms with E-state index in [1.54, 1.807) is 36.2 Å². The third-order valence-corrected chi connectivity index (χ3v) is 6.58. The van der Waals surface area contributed by atoms with E-state index in [1.165, 1.54) is 31.3 Å². The summed E-state index contributed by atoms with van der Waals surface area (Å²) in [6, 6.07) is 12.6. The van der Waals surface area contributed by atoms with Crippen molar-refractivity contribution in [3.8, 4) is 11.5 Å². The number of nitrogens with zero attached hydrogens (tertiary/aromatic N) is 1. The van der Waals surface area contributed by atoms with Crippen LogP contribution in [0.15, 0.2) is 53.4 Å². The number of methoxy groups -OCH3 is 2. The van der Waals surface area contributed by atoms with Crippen LogP contribution in [0.25, 0.3) is 0 Å². The fourth-order valence-corrected chi connectivity index (χ4v) is 4.79. The van der Waals surface area contributed by atoms with Crippen molar-refractivity contribution in [1.29, 1.82) is 0 Å². The lowest BCUT2D eigenvalue weighted by Crippen LogP contribution is -2.33. The summed E-state index contributed by atoms with van der Waals surface area (Å²) in [6.45, 7) is 0. The average molecular weight is 466 g/mol. The summed E-state index contributed by atoms with van der Waals surface area (Å²) in [5.74, 6) is 1.05. The van der Waals surface area contributed by atoms with Crippen LogP contribution in [-0.2, 0) is 0 Å². The number of anilines is 1. The molecule has 2 amide bonds. The molecule has 3 aromatic rings. The molecule has 1 heterocycles. The van der Waals surface area contributed by atoms with Gasteiger partial charge in [0.15, 0.2) is 11.5 Å². The van der Waals surface area contributed by atoms with E-state index < -0.39 is 0 Å². The first-order chi connectivity index (χ1) is 16.1. The molecule has 1 aromatic heterocycles. The normalized spacial score (nSPS) is 14.5. The Morgan fingerprint density at radius 3 is 2.36 bits per heavy atom. The Labute approximate surface area is 197 Å². The van der Waals surface area contributed by atoms with Crippen molar-refractivity contribution in [2.24, 2.45) is 5.92 Å². The molecule has 2 N–H and O–H groups in total. The second-order valence-corrected chi connectivity index (χ2v) is 8.73. The Kier molecular flexibility index (Phi) is 7.24. The predicted octanol–water partition coefficient (Wildman–Crippen LogP) is 5.07. The van der Waals surface area contributed by atoms with Gasteiger partial charge in [-0.05, 0) is 54.7 Å². The van der Waals surface area contributed by atoms with E-state index in [1.807, 2.05) is 24.3 Å². The summed E-state index contributed by atoms with van der Waals surface area (Å²) < 4.78 is 10.5. The molecule has 1 unspecified atom stereocenters. The van der Waals surface area contributed by atoms with Crippen molar-refractivity contribution in [3.05, 3.63) is 70.2 Å². The lowest BCUT2D eigenvalue weighted by Gasteiger charge is -2.25. The molecule has 0 aliphatic heterocycles. The van der Waals surface area contributed by atoms with Crippen LogP contribution in [0.4, 0.5) is 5.69 Å². The van der Waals surface area contributed by atoms with Gasteiger partial charge in [-0.15, -0.1) is 11.3 Å². The number of benzene rings is 2. The number of aromatic nitrogens is 1. The molecule has 0 saturated heterocycles. The van der Waals surface area contributed by atoms with Crippen LogP contribution in [0.2, 0.25) is 0 Å². The SMILES string of the molecule is COc1ccc(C(=O)Nc2ccc(C(NC(=O)c3cscn3)C3CCCC3)cc2)cc1OC. The summed E-state index contributed by atoms with van der Waals surface area (Å²) >= 11 is 1.41. The number of rotatable bonds is 8. The van der Waals surface area contributed by atoms with Gasteiger partial charge in [0.2, 0.25) is 0 Å². The topological polar surface area (TPSA) is 89.6 Å². The number of hydrogen-bond donors (Lipinski definition) is 2. The van der Waals surface area contributed by atoms with Crippen LogP contribution < -0.4 is 20.1 Å². The minimum Gasteiger partial charge on any atom is -0.493 e. The molecule has 1 fully saturated rings. The van der Waals surface area contributed by atoms with Gasteiger partial charge in [0.25, 0.3) is 11.8 Å². The second kappa shape index (κ2) is 10.5.